The van der Waals surface area contributed by atoms with Gasteiger partial charge in [0, 0.05) is 129 Å². The van der Waals surface area contributed by atoms with Gasteiger partial charge < -0.3 is 0 Å². The number of rotatable bonds is 5. The smallest absolute Gasteiger partial charge is 0.198 e. The molecule has 0 aliphatic heterocycles. The summed E-state index contributed by atoms with van der Waals surface area (Å²) in [5, 5.41) is 0. The van der Waals surface area contributed by atoms with Gasteiger partial charge in [-0.05, 0) is 202 Å². The fourth-order valence-electron chi connectivity index (χ4n) is 11.1. The Labute approximate surface area is 522 Å². The van der Waals surface area contributed by atoms with Crippen molar-refractivity contribution in [2.75, 3.05) is 0 Å². The van der Waals surface area contributed by atoms with E-state index in [9.17, 15) is 0 Å². The van der Waals surface area contributed by atoms with Gasteiger partial charge in [0.2, 0.25) is 28.5 Å². The lowest BCUT2D eigenvalue weighted by Gasteiger charge is -2.10. The van der Waals surface area contributed by atoms with Crippen molar-refractivity contribution >= 4 is 0 Å². The predicted molar refractivity (Wildman–Crippen MR) is 360 cm³/mol. The Balaban J connectivity index is 0.000000182. The molecule has 0 unspecified atom stereocenters. The van der Waals surface area contributed by atoms with Crippen molar-refractivity contribution in [1.82, 2.24) is 0 Å². The number of pyridine rings is 5. The van der Waals surface area contributed by atoms with Crippen LogP contribution in [-0.2, 0) is 35.2 Å². The van der Waals surface area contributed by atoms with Gasteiger partial charge in [0.05, 0.1) is 0 Å². The SMILES string of the molecule is Cc1ccc(-c2ccc(C)c(C)[n+]2C)c(C)c1.Cc1cccc(-c2ccc(C)c(C)[n+]2C)c1C.Cc1ccccc1-c1c(C)c(C)cc(C)[n+]1C.Cc1ccccc1-c1c(C)c(C)cc(C)[n+]1C.[2H]C([2H])([2H])c1ccc(-c2cccc(C)c2C)[n+](C)c1C([2H])([2H])[2H]. The molecular weight excluding hydrogens is 1030 g/mol. The van der Waals surface area contributed by atoms with Crippen LogP contribution in [0.15, 0.2) is 152 Å². The Kier molecular flexibility index (Phi) is 19.3. The maximum Gasteiger partial charge on any atom is 0.215 e. The van der Waals surface area contributed by atoms with E-state index in [0.717, 1.165) is 16.7 Å². The summed E-state index contributed by atoms with van der Waals surface area (Å²) < 4.78 is 56.7. The Bertz CT molecular complexity index is 4140. The van der Waals surface area contributed by atoms with E-state index < -0.39 is 13.7 Å². The third kappa shape index (κ3) is 15.0. The Hall–Kier alpha value is -8.15. The van der Waals surface area contributed by atoms with Crippen LogP contribution in [0.25, 0.3) is 56.3 Å². The lowest BCUT2D eigenvalue weighted by molar-refractivity contribution is -0.667. The molecule has 5 aromatic heterocycles. The predicted octanol–water partition coefficient (Wildman–Crippen LogP) is 17.1. The van der Waals surface area contributed by atoms with Crippen LogP contribution in [0.5, 0.6) is 0 Å². The van der Waals surface area contributed by atoms with Crippen LogP contribution >= 0.6 is 0 Å². The van der Waals surface area contributed by atoms with Gasteiger partial charge in [-0.3, -0.25) is 0 Å². The second-order valence-electron chi connectivity index (χ2n) is 23.6. The molecule has 0 radical (unpaired) electrons. The van der Waals surface area contributed by atoms with Crippen LogP contribution in [0.3, 0.4) is 0 Å². The van der Waals surface area contributed by atoms with Crippen LogP contribution < -0.4 is 22.8 Å². The summed E-state index contributed by atoms with van der Waals surface area (Å²) >= 11 is 0. The fraction of sp³-hybridized carbons (Fsp3) is 0.312. The topological polar surface area (TPSA) is 19.4 Å². The molecule has 0 bridgehead atoms. The Morgan fingerprint density at radius 3 is 1.00 bits per heavy atom. The number of hydrogen-bond acceptors (Lipinski definition) is 0. The number of hydrogen-bond donors (Lipinski definition) is 0. The zero-order valence-corrected chi connectivity index (χ0v) is 55.7. The molecule has 10 rings (SSSR count). The molecule has 5 heterocycles. The molecule has 10 aromatic rings. The van der Waals surface area contributed by atoms with Crippen LogP contribution in [0, 0.1) is 138 Å². The van der Waals surface area contributed by atoms with Crippen LogP contribution in [-0.4, -0.2) is 0 Å². The van der Waals surface area contributed by atoms with Gasteiger partial charge >= 0.3 is 0 Å². The van der Waals surface area contributed by atoms with Crippen molar-refractivity contribution in [3.8, 4) is 56.3 Å². The second-order valence-corrected chi connectivity index (χ2v) is 23.6. The third-order valence-corrected chi connectivity index (χ3v) is 17.9. The van der Waals surface area contributed by atoms with E-state index in [-0.39, 0.29) is 11.3 Å². The van der Waals surface area contributed by atoms with Gasteiger partial charge in [-0.15, -0.1) is 0 Å². The second kappa shape index (κ2) is 28.6. The Morgan fingerprint density at radius 2 is 0.612 bits per heavy atom. The van der Waals surface area contributed by atoms with Crippen LogP contribution in [0.2, 0.25) is 0 Å². The minimum absolute atomic E-state index is 0.131. The van der Waals surface area contributed by atoms with E-state index in [1.54, 1.807) is 13.1 Å². The summed E-state index contributed by atoms with van der Waals surface area (Å²) in [6, 6.07) is 52.5. The molecule has 5 heteroatoms. The monoisotopic (exact) mass is 1140 g/mol. The van der Waals surface area contributed by atoms with E-state index >= 15 is 0 Å². The van der Waals surface area contributed by atoms with Crippen molar-refractivity contribution in [1.29, 1.82) is 0 Å². The Morgan fingerprint density at radius 1 is 0.247 bits per heavy atom. The van der Waals surface area contributed by atoms with Gasteiger partial charge in [-0.2, -0.15) is 22.8 Å². The van der Waals surface area contributed by atoms with Gasteiger partial charge in [-0.1, -0.05) is 78.4 Å². The standard InChI is InChI=1S/5C16H20N/c1-11-6-8-15(13(3)10-11)16-9-7-12(2)14(4)17(16)5;2*1-11-7-6-8-15(13(11)3)16-10-9-12(2)14(4)17(16)5;2*1-11-8-6-7-9-15(11)16-14(4)12(2)10-13(3)17(16)5/h5*6-10H,1-5H3/q5*+1/i;2D3,4D3;;;. The van der Waals surface area contributed by atoms with Crippen LogP contribution in [0.1, 0.15) is 120 Å². The quantitative estimate of drug-likeness (QED) is 0.153. The molecule has 0 saturated heterocycles. The minimum atomic E-state index is -2.51. The van der Waals surface area contributed by atoms with Gasteiger partial charge in [0.1, 0.15) is 35.2 Å². The molecule has 0 atom stereocenters. The molecule has 5 aromatic carbocycles. The van der Waals surface area contributed by atoms with E-state index in [1.807, 2.05) is 32.0 Å². The molecule has 0 fully saturated rings. The number of aromatic nitrogens is 5. The molecule has 0 N–H and O–H groups in total. The van der Waals surface area contributed by atoms with Crippen molar-refractivity contribution in [2.24, 2.45) is 35.2 Å². The summed E-state index contributed by atoms with van der Waals surface area (Å²) in [6.07, 6.45) is 0. The normalized spacial score (nSPS) is 12.0. The zero-order chi connectivity index (χ0) is 67.9. The minimum Gasteiger partial charge on any atom is -0.198 e. The first-order valence-electron chi connectivity index (χ1n) is 32.7. The average Bonchev–Trinajstić information content (AvgIpc) is 0.839. The number of benzene rings is 5. The first-order chi connectivity index (χ1) is 42.5. The molecule has 0 aliphatic carbocycles. The first kappa shape index (κ1) is 57.3. The van der Waals surface area contributed by atoms with Crippen molar-refractivity contribution < 1.29 is 31.1 Å². The van der Waals surface area contributed by atoms with E-state index in [4.69, 9.17) is 8.22 Å². The van der Waals surface area contributed by atoms with Gasteiger partial charge in [0.25, 0.3) is 0 Å². The third-order valence-electron chi connectivity index (χ3n) is 17.9. The highest BCUT2D eigenvalue weighted by molar-refractivity contribution is 5.67. The lowest BCUT2D eigenvalue weighted by atomic mass is 9.98. The highest BCUT2D eigenvalue weighted by atomic mass is 15.0. The molecule has 440 valence electrons. The lowest BCUT2D eigenvalue weighted by Crippen LogP contribution is -2.36. The van der Waals surface area contributed by atoms with Crippen LogP contribution in [0.4, 0.5) is 0 Å². The fourth-order valence-corrected chi connectivity index (χ4v) is 11.1. The van der Waals surface area contributed by atoms with Gasteiger partial charge in [-0.25, -0.2) is 0 Å². The molecule has 0 amide bonds. The highest BCUT2D eigenvalue weighted by Gasteiger charge is 2.22. The molecule has 0 saturated carbocycles. The van der Waals surface area contributed by atoms with Crippen molar-refractivity contribution in [3.05, 3.63) is 264 Å². The molecular formula is C80H100N5+5. The summed E-state index contributed by atoms with van der Waals surface area (Å²) in [6.45, 7) is 33.7. The number of aryl methyl sites for hydroxylation is 13. The highest BCUT2D eigenvalue weighted by Crippen LogP contribution is 2.29. The van der Waals surface area contributed by atoms with E-state index in [1.165, 1.54) is 145 Å². The van der Waals surface area contributed by atoms with Gasteiger partial charge in [0.15, 0.2) is 28.5 Å². The molecule has 0 aliphatic rings. The zero-order valence-electron chi connectivity index (χ0n) is 61.7. The summed E-state index contributed by atoms with van der Waals surface area (Å²) in [5.74, 6) is 0. The van der Waals surface area contributed by atoms with E-state index in [0.29, 0.717) is 5.69 Å². The molecule has 0 spiro atoms. The summed E-state index contributed by atoms with van der Waals surface area (Å²) in [5.41, 5.74) is 35.4. The molecule has 5 nitrogen and oxygen atoms in total. The number of nitrogens with zero attached hydrogens (tertiary/aromatic N) is 5. The molecule has 85 heavy (non-hydrogen) atoms. The largest absolute Gasteiger partial charge is 0.215 e. The first-order valence-corrected chi connectivity index (χ1v) is 29.7. The maximum absolute atomic E-state index is 7.75. The summed E-state index contributed by atoms with van der Waals surface area (Å²) in [4.78, 5) is 0. The average molecular weight is 1140 g/mol. The van der Waals surface area contributed by atoms with Crippen molar-refractivity contribution in [2.45, 2.75) is 138 Å². The summed E-state index contributed by atoms with van der Waals surface area (Å²) in [7, 11) is 10.2. The van der Waals surface area contributed by atoms with E-state index in [2.05, 4.69) is 279 Å². The van der Waals surface area contributed by atoms with Crippen molar-refractivity contribution in [3.63, 3.8) is 0 Å². The maximum atomic E-state index is 7.75.